The van der Waals surface area contributed by atoms with Gasteiger partial charge in [-0.1, -0.05) is 18.9 Å². The van der Waals surface area contributed by atoms with E-state index in [0.717, 1.165) is 13.0 Å². The zero-order chi connectivity index (χ0) is 13.6. The van der Waals surface area contributed by atoms with Gasteiger partial charge in [-0.3, -0.25) is 4.90 Å². The number of nitrogens with one attached hydrogen (secondary N) is 1. The van der Waals surface area contributed by atoms with Gasteiger partial charge in [-0.05, 0) is 66.1 Å². The smallest absolute Gasteiger partial charge is 0.0309 e. The Balaban J connectivity index is 2.69. The molecule has 1 N–H and O–H groups in total. The van der Waals surface area contributed by atoms with Gasteiger partial charge in [0.15, 0.2) is 0 Å². The average Bonchev–Trinajstić information content (AvgIpc) is 2.35. The summed E-state index contributed by atoms with van der Waals surface area (Å²) in [5, 5.41) is 3.74. The molecule has 0 spiro atoms. The minimum absolute atomic E-state index is 0.231. The fourth-order valence-electron chi connectivity index (χ4n) is 2.93. The zero-order valence-corrected chi connectivity index (χ0v) is 12.9. The molecule has 0 aliphatic carbocycles. The van der Waals surface area contributed by atoms with Crippen molar-refractivity contribution in [2.24, 2.45) is 0 Å². The molecule has 1 unspecified atom stereocenters. The van der Waals surface area contributed by atoms with E-state index in [0.29, 0.717) is 6.04 Å². The van der Waals surface area contributed by atoms with Crippen LogP contribution < -0.4 is 5.32 Å². The third-order valence-electron chi connectivity index (χ3n) is 4.22. The van der Waals surface area contributed by atoms with Crippen LogP contribution in [0.4, 0.5) is 0 Å². The van der Waals surface area contributed by atoms with E-state index in [1.165, 1.54) is 44.3 Å². The normalized spacial score (nSPS) is 19.8. The Morgan fingerprint density at radius 1 is 1.28 bits per heavy atom. The second-order valence-electron chi connectivity index (χ2n) is 6.37. The molecule has 1 aliphatic rings. The molecule has 1 aliphatic heterocycles. The standard InChI is InChI=1S/C16H32N2/c1-6-10-17-15(13-14(2)3)16(4,5)18-11-8-7-9-12-18/h15,17H,2,6-13H2,1,3-5H3. The molecule has 2 nitrogen and oxygen atoms in total. The van der Waals surface area contributed by atoms with Crippen molar-refractivity contribution in [3.05, 3.63) is 12.2 Å². The summed E-state index contributed by atoms with van der Waals surface area (Å²) in [6, 6.07) is 0.521. The van der Waals surface area contributed by atoms with Gasteiger partial charge >= 0.3 is 0 Å². The largest absolute Gasteiger partial charge is 0.312 e. The Bertz CT molecular complexity index is 252. The SMILES string of the molecule is C=C(C)CC(NCCC)C(C)(C)N1CCCCC1. The lowest BCUT2D eigenvalue weighted by atomic mass is 9.86. The number of piperidine rings is 1. The van der Waals surface area contributed by atoms with Crippen LogP contribution in [-0.4, -0.2) is 36.1 Å². The van der Waals surface area contributed by atoms with Crippen molar-refractivity contribution in [3.8, 4) is 0 Å². The van der Waals surface area contributed by atoms with Crippen molar-refractivity contribution in [2.75, 3.05) is 19.6 Å². The quantitative estimate of drug-likeness (QED) is 0.697. The molecule has 1 fully saturated rings. The predicted molar refractivity (Wildman–Crippen MR) is 81.0 cm³/mol. The predicted octanol–water partition coefficient (Wildman–Crippen LogP) is 3.59. The summed E-state index contributed by atoms with van der Waals surface area (Å²) in [7, 11) is 0. The van der Waals surface area contributed by atoms with Gasteiger partial charge < -0.3 is 5.32 Å². The van der Waals surface area contributed by atoms with Gasteiger partial charge in [0.1, 0.15) is 0 Å². The van der Waals surface area contributed by atoms with Crippen molar-refractivity contribution >= 4 is 0 Å². The fraction of sp³-hybridized carbons (Fsp3) is 0.875. The molecule has 106 valence electrons. The summed E-state index contributed by atoms with van der Waals surface area (Å²) in [5.74, 6) is 0. The zero-order valence-electron chi connectivity index (χ0n) is 12.9. The van der Waals surface area contributed by atoms with Gasteiger partial charge in [-0.15, -0.1) is 6.58 Å². The van der Waals surface area contributed by atoms with E-state index in [9.17, 15) is 0 Å². The minimum Gasteiger partial charge on any atom is -0.312 e. The van der Waals surface area contributed by atoms with Crippen molar-refractivity contribution in [3.63, 3.8) is 0 Å². The van der Waals surface area contributed by atoms with Crippen LogP contribution in [0.1, 0.15) is 59.8 Å². The molecule has 1 heterocycles. The first-order valence-corrected chi connectivity index (χ1v) is 7.61. The number of hydrogen-bond acceptors (Lipinski definition) is 2. The molecule has 0 radical (unpaired) electrons. The Kier molecular flexibility index (Phi) is 6.37. The molecule has 0 amide bonds. The highest BCUT2D eigenvalue weighted by Gasteiger charge is 2.35. The van der Waals surface area contributed by atoms with E-state index in [1.54, 1.807) is 0 Å². The highest BCUT2D eigenvalue weighted by Crippen LogP contribution is 2.26. The van der Waals surface area contributed by atoms with E-state index in [1.807, 2.05) is 0 Å². The van der Waals surface area contributed by atoms with Crippen molar-refractivity contribution in [1.82, 2.24) is 10.2 Å². The molecule has 0 saturated carbocycles. The topological polar surface area (TPSA) is 15.3 Å². The molecule has 1 rings (SSSR count). The van der Waals surface area contributed by atoms with Crippen molar-refractivity contribution in [1.29, 1.82) is 0 Å². The Morgan fingerprint density at radius 2 is 1.89 bits per heavy atom. The lowest BCUT2D eigenvalue weighted by Gasteiger charge is -2.46. The molecular formula is C16H32N2. The van der Waals surface area contributed by atoms with Gasteiger partial charge in [0.05, 0.1) is 0 Å². The molecule has 2 heteroatoms. The Hall–Kier alpha value is -0.340. The Labute approximate surface area is 114 Å². The van der Waals surface area contributed by atoms with E-state index >= 15 is 0 Å². The number of rotatable bonds is 7. The first-order valence-electron chi connectivity index (χ1n) is 7.61. The van der Waals surface area contributed by atoms with Crippen molar-refractivity contribution < 1.29 is 0 Å². The van der Waals surface area contributed by atoms with E-state index in [4.69, 9.17) is 0 Å². The van der Waals surface area contributed by atoms with Gasteiger partial charge in [0, 0.05) is 11.6 Å². The maximum absolute atomic E-state index is 4.10. The molecule has 18 heavy (non-hydrogen) atoms. The molecule has 1 saturated heterocycles. The van der Waals surface area contributed by atoms with Crippen LogP contribution in [0, 0.1) is 0 Å². The summed E-state index contributed by atoms with van der Waals surface area (Å²) in [6.45, 7) is 16.9. The highest BCUT2D eigenvalue weighted by molar-refractivity contribution is 5.02. The second-order valence-corrected chi connectivity index (χ2v) is 6.37. The summed E-state index contributed by atoms with van der Waals surface area (Å²) >= 11 is 0. The fourth-order valence-corrected chi connectivity index (χ4v) is 2.93. The van der Waals surface area contributed by atoms with Crippen LogP contribution in [0.3, 0.4) is 0 Å². The molecule has 1 atom stereocenters. The van der Waals surface area contributed by atoms with Crippen LogP contribution in [0.2, 0.25) is 0 Å². The lowest BCUT2D eigenvalue weighted by Crippen LogP contribution is -2.59. The van der Waals surface area contributed by atoms with Crippen LogP contribution in [-0.2, 0) is 0 Å². The monoisotopic (exact) mass is 252 g/mol. The van der Waals surface area contributed by atoms with Crippen LogP contribution in [0.15, 0.2) is 12.2 Å². The highest BCUT2D eigenvalue weighted by atomic mass is 15.2. The molecule has 0 aromatic rings. The van der Waals surface area contributed by atoms with Crippen molar-refractivity contribution in [2.45, 2.75) is 71.4 Å². The average molecular weight is 252 g/mol. The Morgan fingerprint density at radius 3 is 2.39 bits per heavy atom. The first kappa shape index (κ1) is 15.7. The first-order chi connectivity index (χ1) is 8.48. The molecule has 0 bridgehead atoms. The van der Waals surface area contributed by atoms with Crippen LogP contribution in [0.25, 0.3) is 0 Å². The van der Waals surface area contributed by atoms with Crippen LogP contribution in [0.5, 0.6) is 0 Å². The third-order valence-corrected chi connectivity index (χ3v) is 4.22. The van der Waals surface area contributed by atoms with E-state index in [2.05, 4.69) is 44.5 Å². The summed E-state index contributed by atoms with van der Waals surface area (Å²) in [4.78, 5) is 2.67. The number of nitrogens with zero attached hydrogens (tertiary/aromatic N) is 1. The van der Waals surface area contributed by atoms with E-state index < -0.39 is 0 Å². The van der Waals surface area contributed by atoms with Gasteiger partial charge in [-0.25, -0.2) is 0 Å². The maximum atomic E-state index is 4.10. The maximum Gasteiger partial charge on any atom is 0.0309 e. The second kappa shape index (κ2) is 7.30. The minimum atomic E-state index is 0.231. The number of hydrogen-bond donors (Lipinski definition) is 1. The lowest BCUT2D eigenvalue weighted by molar-refractivity contribution is 0.0611. The molecular weight excluding hydrogens is 220 g/mol. The molecule has 0 aromatic carbocycles. The van der Waals surface area contributed by atoms with Gasteiger partial charge in [-0.2, -0.15) is 0 Å². The number of likely N-dealkylation sites (tertiary alicyclic amines) is 1. The summed E-state index contributed by atoms with van der Waals surface area (Å²) < 4.78 is 0. The third kappa shape index (κ3) is 4.40. The van der Waals surface area contributed by atoms with E-state index in [-0.39, 0.29) is 5.54 Å². The van der Waals surface area contributed by atoms with Crippen LogP contribution >= 0.6 is 0 Å². The summed E-state index contributed by atoms with van der Waals surface area (Å²) in [5.41, 5.74) is 1.52. The van der Waals surface area contributed by atoms with Gasteiger partial charge in [0.2, 0.25) is 0 Å². The summed E-state index contributed by atoms with van der Waals surface area (Å²) in [6.07, 6.45) is 6.40. The molecule has 0 aromatic heterocycles. The van der Waals surface area contributed by atoms with Gasteiger partial charge in [0.25, 0.3) is 0 Å².